The molecule has 92 valence electrons. The summed E-state index contributed by atoms with van der Waals surface area (Å²) in [6.45, 7) is 4.46. The molecule has 1 fully saturated rings. The van der Waals surface area contributed by atoms with Crippen molar-refractivity contribution < 1.29 is 4.74 Å². The molecule has 1 atom stereocenters. The number of ether oxygens (including phenoxy) is 1. The van der Waals surface area contributed by atoms with Crippen molar-refractivity contribution in [1.82, 2.24) is 4.90 Å². The fourth-order valence-electron chi connectivity index (χ4n) is 1.76. The van der Waals surface area contributed by atoms with E-state index in [0.717, 1.165) is 39.0 Å². The SMILES string of the molecule is CCCOC1CCCN(/C(N)=N/C(=N)N)C1. The van der Waals surface area contributed by atoms with Gasteiger partial charge in [0, 0.05) is 19.7 Å². The third-order valence-electron chi connectivity index (χ3n) is 2.49. The number of rotatable bonds is 3. The van der Waals surface area contributed by atoms with Gasteiger partial charge in [0.2, 0.25) is 5.96 Å². The Balaban J connectivity index is 2.46. The first kappa shape index (κ1) is 12.8. The number of likely N-dealkylation sites (tertiary alicyclic amines) is 1. The summed E-state index contributed by atoms with van der Waals surface area (Å²) in [5.74, 6) is 0.0615. The number of guanidine groups is 2. The van der Waals surface area contributed by atoms with Gasteiger partial charge in [-0.15, -0.1) is 0 Å². The highest BCUT2D eigenvalue weighted by Crippen LogP contribution is 2.13. The van der Waals surface area contributed by atoms with Gasteiger partial charge in [-0.25, -0.2) is 0 Å². The van der Waals surface area contributed by atoms with Crippen LogP contribution in [0, 0.1) is 5.41 Å². The lowest BCUT2D eigenvalue weighted by atomic mass is 10.1. The Labute approximate surface area is 96.2 Å². The minimum absolute atomic E-state index is 0.217. The highest BCUT2D eigenvalue weighted by molar-refractivity contribution is 5.91. The molecule has 1 unspecified atom stereocenters. The zero-order valence-corrected chi connectivity index (χ0v) is 9.78. The molecule has 0 saturated carbocycles. The summed E-state index contributed by atoms with van der Waals surface area (Å²) in [7, 11) is 0. The molecule has 0 amide bonds. The molecule has 0 aromatic carbocycles. The first-order valence-corrected chi connectivity index (χ1v) is 5.68. The molecule has 1 heterocycles. The van der Waals surface area contributed by atoms with Gasteiger partial charge in [0.05, 0.1) is 6.10 Å². The topological polar surface area (TPSA) is 101 Å². The van der Waals surface area contributed by atoms with Gasteiger partial charge in [0.1, 0.15) is 0 Å². The molecule has 0 aliphatic carbocycles. The van der Waals surface area contributed by atoms with Gasteiger partial charge >= 0.3 is 0 Å². The van der Waals surface area contributed by atoms with E-state index >= 15 is 0 Å². The maximum atomic E-state index is 7.06. The van der Waals surface area contributed by atoms with Gasteiger partial charge in [-0.05, 0) is 19.3 Å². The molecule has 6 nitrogen and oxygen atoms in total. The van der Waals surface area contributed by atoms with Gasteiger partial charge in [0.25, 0.3) is 0 Å². The Hall–Kier alpha value is -1.30. The lowest BCUT2D eigenvalue weighted by molar-refractivity contribution is 0.0163. The zero-order valence-electron chi connectivity index (χ0n) is 9.78. The molecule has 1 aliphatic rings. The standard InChI is InChI=1S/C10H21N5O/c1-2-6-16-8-4-3-5-15(7-8)10(13)14-9(11)12/h8H,2-7H2,1H3,(H5,11,12,13,14). The summed E-state index contributed by atoms with van der Waals surface area (Å²) >= 11 is 0. The van der Waals surface area contributed by atoms with Gasteiger partial charge in [0.15, 0.2) is 5.96 Å². The first-order valence-electron chi connectivity index (χ1n) is 5.68. The van der Waals surface area contributed by atoms with E-state index in [0.29, 0.717) is 5.96 Å². The average Bonchev–Trinajstić information content (AvgIpc) is 2.26. The third kappa shape index (κ3) is 4.06. The minimum atomic E-state index is -0.255. The predicted molar refractivity (Wildman–Crippen MR) is 64.4 cm³/mol. The monoisotopic (exact) mass is 227 g/mol. The van der Waals surface area contributed by atoms with Gasteiger partial charge < -0.3 is 21.1 Å². The van der Waals surface area contributed by atoms with Crippen LogP contribution in [0.5, 0.6) is 0 Å². The molecule has 1 saturated heterocycles. The predicted octanol–water partition coefficient (Wildman–Crippen LogP) is 0.0856. The molecule has 6 heteroatoms. The molecule has 1 rings (SSSR count). The maximum absolute atomic E-state index is 7.06. The van der Waals surface area contributed by atoms with Crippen LogP contribution < -0.4 is 11.5 Å². The summed E-state index contributed by atoms with van der Waals surface area (Å²) in [5.41, 5.74) is 10.9. The number of nitrogens with two attached hydrogens (primary N) is 2. The molecule has 0 aromatic rings. The highest BCUT2D eigenvalue weighted by Gasteiger charge is 2.21. The van der Waals surface area contributed by atoms with Crippen molar-refractivity contribution in [2.24, 2.45) is 16.5 Å². The van der Waals surface area contributed by atoms with Gasteiger partial charge in [-0.3, -0.25) is 5.41 Å². The second-order valence-electron chi connectivity index (χ2n) is 3.94. The van der Waals surface area contributed by atoms with Crippen molar-refractivity contribution in [2.45, 2.75) is 32.3 Å². The first-order chi connectivity index (χ1) is 7.63. The normalized spacial score (nSPS) is 22.2. The van der Waals surface area contributed by atoms with Crippen molar-refractivity contribution in [3.63, 3.8) is 0 Å². The Bertz CT molecular complexity index is 266. The van der Waals surface area contributed by atoms with Crippen LogP contribution in [0.15, 0.2) is 4.99 Å². The fraction of sp³-hybridized carbons (Fsp3) is 0.800. The van der Waals surface area contributed by atoms with Gasteiger partial charge in [-0.2, -0.15) is 4.99 Å². The third-order valence-corrected chi connectivity index (χ3v) is 2.49. The van der Waals surface area contributed by atoms with E-state index in [4.69, 9.17) is 21.6 Å². The van der Waals surface area contributed by atoms with E-state index in [1.165, 1.54) is 0 Å². The average molecular weight is 227 g/mol. The van der Waals surface area contributed by atoms with Crippen LogP contribution in [-0.4, -0.2) is 42.6 Å². The molecular formula is C10H21N5O. The molecule has 0 bridgehead atoms. The zero-order chi connectivity index (χ0) is 12.0. The molecule has 0 spiro atoms. The Morgan fingerprint density at radius 2 is 2.31 bits per heavy atom. The van der Waals surface area contributed by atoms with Crippen LogP contribution >= 0.6 is 0 Å². The lowest BCUT2D eigenvalue weighted by Gasteiger charge is -2.33. The van der Waals surface area contributed by atoms with Crippen molar-refractivity contribution in [3.8, 4) is 0 Å². The Morgan fingerprint density at radius 3 is 2.94 bits per heavy atom. The van der Waals surface area contributed by atoms with Crippen LogP contribution in [0.2, 0.25) is 0 Å². The van der Waals surface area contributed by atoms with Crippen molar-refractivity contribution in [2.75, 3.05) is 19.7 Å². The van der Waals surface area contributed by atoms with Crippen LogP contribution in [0.1, 0.15) is 26.2 Å². The largest absolute Gasteiger partial charge is 0.376 e. The van der Waals surface area contributed by atoms with E-state index in [9.17, 15) is 0 Å². The number of hydrogen-bond acceptors (Lipinski definition) is 2. The summed E-state index contributed by atoms with van der Waals surface area (Å²) in [4.78, 5) is 5.66. The fourth-order valence-corrected chi connectivity index (χ4v) is 1.76. The van der Waals surface area contributed by atoms with Crippen LogP contribution in [-0.2, 0) is 4.74 Å². The van der Waals surface area contributed by atoms with E-state index in [2.05, 4.69) is 11.9 Å². The maximum Gasteiger partial charge on any atom is 0.215 e. The van der Waals surface area contributed by atoms with Crippen LogP contribution in [0.3, 0.4) is 0 Å². The number of hydrogen-bond donors (Lipinski definition) is 3. The highest BCUT2D eigenvalue weighted by atomic mass is 16.5. The smallest absolute Gasteiger partial charge is 0.215 e. The summed E-state index contributed by atoms with van der Waals surface area (Å²) < 4.78 is 5.68. The molecule has 5 N–H and O–H groups in total. The Morgan fingerprint density at radius 1 is 1.56 bits per heavy atom. The van der Waals surface area contributed by atoms with E-state index < -0.39 is 0 Å². The molecule has 0 aromatic heterocycles. The Kier molecular flexibility index (Phi) is 5.04. The quantitative estimate of drug-likeness (QED) is 0.469. The molecule has 16 heavy (non-hydrogen) atoms. The van der Waals surface area contributed by atoms with E-state index in [-0.39, 0.29) is 12.1 Å². The second-order valence-corrected chi connectivity index (χ2v) is 3.94. The number of nitrogens with zero attached hydrogens (tertiary/aromatic N) is 2. The van der Waals surface area contributed by atoms with E-state index in [1.54, 1.807) is 0 Å². The van der Waals surface area contributed by atoms with Gasteiger partial charge in [-0.1, -0.05) is 6.92 Å². The number of nitrogens with one attached hydrogen (secondary N) is 1. The van der Waals surface area contributed by atoms with Crippen molar-refractivity contribution in [3.05, 3.63) is 0 Å². The molecule has 1 aliphatic heterocycles. The summed E-state index contributed by atoms with van der Waals surface area (Å²) in [5, 5.41) is 7.06. The van der Waals surface area contributed by atoms with Crippen LogP contribution in [0.4, 0.5) is 0 Å². The minimum Gasteiger partial charge on any atom is -0.376 e. The lowest BCUT2D eigenvalue weighted by Crippen LogP contribution is -2.47. The summed E-state index contributed by atoms with van der Waals surface area (Å²) in [6, 6.07) is 0. The van der Waals surface area contributed by atoms with Crippen molar-refractivity contribution in [1.29, 1.82) is 5.41 Å². The number of aliphatic imine (C=N–C) groups is 1. The molecular weight excluding hydrogens is 206 g/mol. The number of piperidine rings is 1. The van der Waals surface area contributed by atoms with Crippen molar-refractivity contribution >= 4 is 11.9 Å². The van der Waals surface area contributed by atoms with E-state index in [1.807, 2.05) is 4.90 Å². The second kappa shape index (κ2) is 6.32. The van der Waals surface area contributed by atoms with Crippen LogP contribution in [0.25, 0.3) is 0 Å². The summed E-state index contributed by atoms with van der Waals surface area (Å²) in [6.07, 6.45) is 3.33. The molecule has 0 radical (unpaired) electrons.